The van der Waals surface area contributed by atoms with Crippen LogP contribution in [0.1, 0.15) is 39.0 Å². The smallest absolute Gasteiger partial charge is 0.327 e. The van der Waals surface area contributed by atoms with E-state index in [1.807, 2.05) is 0 Å². The number of hydrogen-bond donors (Lipinski definition) is 3. The topological polar surface area (TPSA) is 77.8 Å². The van der Waals surface area contributed by atoms with Gasteiger partial charge in [0.2, 0.25) is 0 Å². The van der Waals surface area contributed by atoms with E-state index in [0.29, 0.717) is 19.1 Å². The maximum atomic E-state index is 9.25. The Kier molecular flexibility index (Phi) is 15.5. The lowest BCUT2D eigenvalue weighted by Crippen LogP contribution is -1.99. The molecule has 0 radical (unpaired) electrons. The minimum atomic E-state index is -0.981. The Morgan fingerprint density at radius 3 is 2.12 bits per heavy atom. The number of rotatable bonds is 8. The Morgan fingerprint density at radius 1 is 1.25 bits per heavy atom. The molecule has 0 heterocycles. The van der Waals surface area contributed by atoms with Gasteiger partial charge in [-0.1, -0.05) is 32.8 Å². The predicted molar refractivity (Wildman–Crippen MR) is 64.3 cm³/mol. The molecule has 4 heteroatoms. The van der Waals surface area contributed by atoms with Crippen molar-refractivity contribution in [3.8, 4) is 0 Å². The number of aliphatic hydroxyl groups is 2. The molecule has 0 spiro atoms. The molecule has 0 aromatic carbocycles. The number of carbonyl (C=O) groups is 1. The second kappa shape index (κ2) is 14.1. The van der Waals surface area contributed by atoms with E-state index in [4.69, 9.17) is 15.3 Å². The van der Waals surface area contributed by atoms with Gasteiger partial charge in [0, 0.05) is 19.3 Å². The van der Waals surface area contributed by atoms with Crippen molar-refractivity contribution in [1.29, 1.82) is 0 Å². The van der Waals surface area contributed by atoms with Crippen molar-refractivity contribution in [3.05, 3.63) is 12.7 Å². The number of carboxylic acid groups (broad SMARTS) is 1. The second-order valence-electron chi connectivity index (χ2n) is 3.76. The molecule has 0 rings (SSSR count). The molecule has 4 nitrogen and oxygen atoms in total. The largest absolute Gasteiger partial charge is 0.478 e. The summed E-state index contributed by atoms with van der Waals surface area (Å²) in [4.78, 5) is 9.25. The molecule has 0 saturated heterocycles. The van der Waals surface area contributed by atoms with E-state index in [-0.39, 0.29) is 0 Å². The van der Waals surface area contributed by atoms with Crippen LogP contribution >= 0.6 is 0 Å². The van der Waals surface area contributed by atoms with E-state index in [1.54, 1.807) is 0 Å². The van der Waals surface area contributed by atoms with Gasteiger partial charge in [-0.3, -0.25) is 0 Å². The zero-order valence-corrected chi connectivity index (χ0v) is 10.1. The van der Waals surface area contributed by atoms with Crippen molar-refractivity contribution in [1.82, 2.24) is 0 Å². The van der Waals surface area contributed by atoms with Crippen molar-refractivity contribution >= 4 is 5.97 Å². The third-order valence-corrected chi connectivity index (χ3v) is 2.09. The van der Waals surface area contributed by atoms with Gasteiger partial charge in [-0.15, -0.1) is 0 Å². The van der Waals surface area contributed by atoms with Gasteiger partial charge in [-0.2, -0.15) is 0 Å². The monoisotopic (exact) mass is 232 g/mol. The van der Waals surface area contributed by atoms with Crippen LogP contribution in [0.15, 0.2) is 12.7 Å². The molecule has 0 aromatic heterocycles. The maximum absolute atomic E-state index is 9.25. The first-order valence-corrected chi connectivity index (χ1v) is 5.65. The first kappa shape index (κ1) is 17.5. The van der Waals surface area contributed by atoms with Crippen LogP contribution in [0.2, 0.25) is 0 Å². The fourth-order valence-electron chi connectivity index (χ4n) is 1.05. The Bertz CT molecular complexity index is 168. The highest BCUT2D eigenvalue weighted by molar-refractivity contribution is 5.78. The zero-order chi connectivity index (χ0) is 12.8. The number of hydrogen-bond acceptors (Lipinski definition) is 3. The highest BCUT2D eigenvalue weighted by Gasteiger charge is 1.98. The summed E-state index contributed by atoms with van der Waals surface area (Å²) in [6, 6.07) is 0. The second-order valence-corrected chi connectivity index (χ2v) is 3.76. The fraction of sp³-hybridized carbons (Fsp3) is 0.750. The number of unbranched alkanes of at least 4 members (excludes halogenated alkanes) is 3. The molecule has 3 N–H and O–H groups in total. The van der Waals surface area contributed by atoms with Gasteiger partial charge in [0.15, 0.2) is 0 Å². The normalized spacial score (nSPS) is 11.2. The highest BCUT2D eigenvalue weighted by Crippen LogP contribution is 2.09. The molecule has 1 atom stereocenters. The van der Waals surface area contributed by atoms with Gasteiger partial charge < -0.3 is 15.3 Å². The zero-order valence-electron chi connectivity index (χ0n) is 10.1. The first-order valence-electron chi connectivity index (χ1n) is 5.65. The summed E-state index contributed by atoms with van der Waals surface area (Å²) >= 11 is 0. The molecule has 0 aliphatic heterocycles. The Morgan fingerprint density at radius 2 is 1.75 bits per heavy atom. The number of carboxylic acids is 1. The molecular weight excluding hydrogens is 208 g/mol. The minimum Gasteiger partial charge on any atom is -0.478 e. The van der Waals surface area contributed by atoms with Crippen LogP contribution < -0.4 is 0 Å². The summed E-state index contributed by atoms with van der Waals surface area (Å²) < 4.78 is 0. The van der Waals surface area contributed by atoms with Gasteiger partial charge in [0.25, 0.3) is 0 Å². The van der Waals surface area contributed by atoms with E-state index >= 15 is 0 Å². The Labute approximate surface area is 97.6 Å². The standard InChI is InChI=1S/C9H20O2.C3H4O2/c1-9(8-11)6-4-2-3-5-7-10;1-2-3(4)5/h9-11H,2-8H2,1H3;2H,1H2,(H,4,5). The Balaban J connectivity index is 0. The third kappa shape index (κ3) is 18.8. The molecule has 96 valence electrons. The summed E-state index contributed by atoms with van der Waals surface area (Å²) in [5.41, 5.74) is 0. The molecule has 1 unspecified atom stereocenters. The third-order valence-electron chi connectivity index (χ3n) is 2.09. The number of aliphatic carboxylic acids is 1. The van der Waals surface area contributed by atoms with E-state index in [2.05, 4.69) is 13.5 Å². The molecule has 0 aliphatic carbocycles. The average Bonchev–Trinajstić information content (AvgIpc) is 2.29. The van der Waals surface area contributed by atoms with Crippen LogP contribution in [-0.4, -0.2) is 34.5 Å². The van der Waals surface area contributed by atoms with Crippen molar-refractivity contribution in [2.45, 2.75) is 39.0 Å². The van der Waals surface area contributed by atoms with E-state index < -0.39 is 5.97 Å². The molecule has 0 fully saturated rings. The molecule has 0 aromatic rings. The molecule has 0 bridgehead atoms. The van der Waals surface area contributed by atoms with Gasteiger partial charge in [-0.25, -0.2) is 4.79 Å². The van der Waals surface area contributed by atoms with Crippen LogP contribution in [0.5, 0.6) is 0 Å². The molecule has 0 saturated carbocycles. The lowest BCUT2D eigenvalue weighted by Gasteiger charge is -2.05. The van der Waals surface area contributed by atoms with E-state index in [1.165, 1.54) is 12.8 Å². The molecule has 16 heavy (non-hydrogen) atoms. The van der Waals surface area contributed by atoms with Crippen LogP contribution in [0, 0.1) is 5.92 Å². The lowest BCUT2D eigenvalue weighted by atomic mass is 10.0. The van der Waals surface area contributed by atoms with Gasteiger partial charge >= 0.3 is 5.97 Å². The van der Waals surface area contributed by atoms with Gasteiger partial charge in [0.1, 0.15) is 0 Å². The summed E-state index contributed by atoms with van der Waals surface area (Å²) in [7, 11) is 0. The van der Waals surface area contributed by atoms with Crippen molar-refractivity contribution in [3.63, 3.8) is 0 Å². The summed E-state index contributed by atoms with van der Waals surface area (Å²) in [6.45, 7) is 5.64. The first-order chi connectivity index (χ1) is 7.58. The van der Waals surface area contributed by atoms with Crippen LogP contribution in [-0.2, 0) is 4.79 Å². The van der Waals surface area contributed by atoms with Gasteiger partial charge in [0.05, 0.1) is 0 Å². The predicted octanol–water partition coefficient (Wildman–Crippen LogP) is 1.81. The van der Waals surface area contributed by atoms with Gasteiger partial charge in [-0.05, 0) is 18.8 Å². The van der Waals surface area contributed by atoms with Crippen LogP contribution in [0.3, 0.4) is 0 Å². The van der Waals surface area contributed by atoms with Crippen LogP contribution in [0.4, 0.5) is 0 Å². The average molecular weight is 232 g/mol. The maximum Gasteiger partial charge on any atom is 0.327 e. The van der Waals surface area contributed by atoms with E-state index in [9.17, 15) is 4.79 Å². The summed E-state index contributed by atoms with van der Waals surface area (Å²) in [5, 5.41) is 24.8. The highest BCUT2D eigenvalue weighted by atomic mass is 16.4. The van der Waals surface area contributed by atoms with Crippen molar-refractivity contribution in [2.24, 2.45) is 5.92 Å². The minimum absolute atomic E-state index is 0.306. The summed E-state index contributed by atoms with van der Waals surface area (Å²) in [5.74, 6) is -0.533. The Hall–Kier alpha value is -0.870. The molecule has 0 amide bonds. The SMILES string of the molecule is C=CC(=O)O.CC(CO)CCCCCCO. The number of aliphatic hydroxyl groups excluding tert-OH is 2. The van der Waals surface area contributed by atoms with Crippen molar-refractivity contribution < 1.29 is 20.1 Å². The van der Waals surface area contributed by atoms with E-state index in [0.717, 1.165) is 25.3 Å². The fourth-order valence-corrected chi connectivity index (χ4v) is 1.05. The molecule has 0 aliphatic rings. The van der Waals surface area contributed by atoms with Crippen molar-refractivity contribution in [2.75, 3.05) is 13.2 Å². The molecular formula is C12H24O4. The summed E-state index contributed by atoms with van der Waals surface area (Å²) in [6.07, 6.45) is 6.36. The lowest BCUT2D eigenvalue weighted by molar-refractivity contribution is -0.131. The van der Waals surface area contributed by atoms with Crippen LogP contribution in [0.25, 0.3) is 0 Å². The quantitative estimate of drug-likeness (QED) is 0.440.